The van der Waals surface area contributed by atoms with Crippen LogP contribution in [0.15, 0.2) is 84.9 Å². The van der Waals surface area contributed by atoms with E-state index in [9.17, 15) is 19.2 Å². The lowest BCUT2D eigenvalue weighted by molar-refractivity contribution is 0.178. The van der Waals surface area contributed by atoms with Crippen molar-refractivity contribution >= 4 is 90.7 Å². The van der Waals surface area contributed by atoms with Gasteiger partial charge in [0.1, 0.15) is 0 Å². The number of carbonyl (C=O) groups excluding carboxylic acids is 4. The van der Waals surface area contributed by atoms with E-state index in [1.807, 2.05) is 36.4 Å². The van der Waals surface area contributed by atoms with Gasteiger partial charge in [0, 0.05) is 21.5 Å². The Kier molecular flexibility index (Phi) is 11.8. The van der Waals surface area contributed by atoms with E-state index in [1.165, 1.54) is 48.0 Å². The molecule has 1 aliphatic heterocycles. The van der Waals surface area contributed by atoms with Gasteiger partial charge in [0.2, 0.25) is 0 Å². The Labute approximate surface area is 344 Å². The number of nitrogens with zero attached hydrogens (tertiary/aromatic N) is 6. The van der Waals surface area contributed by atoms with Crippen LogP contribution < -0.4 is 19.6 Å². The largest absolute Gasteiger partial charge is 0.452 e. The lowest BCUT2D eigenvalue weighted by Crippen LogP contribution is -2.31. The second-order valence-corrected chi connectivity index (χ2v) is 12.9. The number of hydrogen-bond acceptors (Lipinski definition) is 10. The average molecular weight is 799 g/mol. The van der Waals surface area contributed by atoms with E-state index in [4.69, 9.17) is 28.9 Å². The summed E-state index contributed by atoms with van der Waals surface area (Å²) in [4.78, 5) is 66.8. The Balaban J connectivity index is 1.32. The van der Waals surface area contributed by atoms with E-state index in [1.54, 1.807) is 48.5 Å². The molecule has 60 heavy (non-hydrogen) atoms. The topological polar surface area (TPSA) is 144 Å². The molecule has 0 aliphatic carbocycles. The average Bonchev–Trinajstić information content (AvgIpc) is 3.27. The van der Waals surface area contributed by atoms with Gasteiger partial charge < -0.3 is 18.9 Å². The molecule has 4 aromatic carbocycles. The van der Waals surface area contributed by atoms with Crippen molar-refractivity contribution in [3.63, 3.8) is 0 Å². The molecule has 0 saturated heterocycles. The number of rotatable bonds is 0. The highest BCUT2D eigenvalue weighted by Gasteiger charge is 2.20. The third-order valence-electron chi connectivity index (χ3n) is 9.41. The highest BCUT2D eigenvalue weighted by Crippen LogP contribution is 2.30. The number of anilines is 4. The summed E-state index contributed by atoms with van der Waals surface area (Å²) in [7, 11) is 5.10. The smallest absolute Gasteiger partial charge is 0.414 e. The van der Waals surface area contributed by atoms with Crippen molar-refractivity contribution in [1.82, 2.24) is 9.97 Å². The molecule has 0 unspecified atom stereocenters. The van der Waals surface area contributed by atoms with Crippen molar-refractivity contribution in [2.45, 2.75) is 0 Å². The number of hydrogen-bond donors (Lipinski definition) is 0. The van der Waals surface area contributed by atoms with Gasteiger partial charge in [-0.2, -0.15) is 0 Å². The molecule has 1 aliphatic rings. The molecule has 2 aromatic heterocycles. The van der Waals surface area contributed by atoms with E-state index in [0.29, 0.717) is 44.8 Å². The molecule has 14 heteroatoms. The fraction of sp³-hybridized carbons (Fsp3) is 0.174. The van der Waals surface area contributed by atoms with Gasteiger partial charge in [-0.25, -0.2) is 29.1 Å². The molecule has 4 amide bonds. The van der Waals surface area contributed by atoms with Crippen molar-refractivity contribution in [3.05, 3.63) is 84.9 Å². The lowest BCUT2D eigenvalue weighted by atomic mass is 10.1. The van der Waals surface area contributed by atoms with Crippen LogP contribution in [-0.2, 0) is 18.9 Å². The van der Waals surface area contributed by atoms with Crippen LogP contribution in [0.25, 0.3) is 43.6 Å². The molecule has 0 saturated carbocycles. The summed E-state index contributed by atoms with van der Waals surface area (Å²) < 4.78 is 20.2. The minimum Gasteiger partial charge on any atom is -0.452 e. The third kappa shape index (κ3) is 8.45. The molecule has 8 bridgehead atoms. The monoisotopic (exact) mass is 798 g/mol. The van der Waals surface area contributed by atoms with Gasteiger partial charge >= 0.3 is 24.4 Å². The minimum absolute atomic E-state index is 0.0613. The molecule has 296 valence electrons. The predicted molar refractivity (Wildman–Crippen MR) is 229 cm³/mol. The van der Waals surface area contributed by atoms with Crippen molar-refractivity contribution < 1.29 is 38.1 Å². The predicted octanol–water partition coefficient (Wildman–Crippen LogP) is 7.11. The molecule has 7 rings (SSSR count). The number of aromatic nitrogens is 2. The second-order valence-electron chi connectivity index (χ2n) is 12.9. The van der Waals surface area contributed by atoms with Crippen molar-refractivity contribution in [2.75, 3.05) is 74.2 Å². The number of ether oxygens (including phenoxy) is 4. The van der Waals surface area contributed by atoms with Gasteiger partial charge in [0.05, 0.1) is 99.4 Å². The van der Waals surface area contributed by atoms with Crippen molar-refractivity contribution in [1.29, 1.82) is 0 Å². The molecule has 0 atom stereocenters. The van der Waals surface area contributed by atoms with E-state index in [-0.39, 0.29) is 26.2 Å². The first kappa shape index (κ1) is 39.8. The Morgan fingerprint density at radius 2 is 0.633 bits per heavy atom. The fourth-order valence-corrected chi connectivity index (χ4v) is 6.41. The molecule has 6 aromatic rings. The summed E-state index contributed by atoms with van der Waals surface area (Å²) >= 11 is 0. The summed E-state index contributed by atoms with van der Waals surface area (Å²) in [6.45, 7) is -0.245. The summed E-state index contributed by atoms with van der Waals surface area (Å²) in [5.74, 6) is 22.6. The maximum absolute atomic E-state index is 12.9. The Morgan fingerprint density at radius 1 is 0.400 bits per heavy atom. The summed E-state index contributed by atoms with van der Waals surface area (Å²) in [5, 5.41) is 3.24. The Hall–Kier alpha value is -8.46. The highest BCUT2D eigenvalue weighted by atomic mass is 16.6. The maximum Gasteiger partial charge on any atom is 0.414 e. The van der Waals surface area contributed by atoms with Gasteiger partial charge in [-0.05, 0) is 84.3 Å². The molecule has 0 N–H and O–H groups in total. The SMILES string of the molecule is COC(=O)N1CC#CC#CCN(C(=O)OC)c2ccc3cc4ccc(cc4nc3c2)N(C(=O)OC)CC#CC#CCN(C(=O)OC)c2ccc3cc4ccc1cc4nc3c2. The quantitative estimate of drug-likeness (QED) is 0.0887. The third-order valence-corrected chi connectivity index (χ3v) is 9.41. The van der Waals surface area contributed by atoms with E-state index in [0.717, 1.165) is 21.5 Å². The first-order chi connectivity index (χ1) is 29.2. The minimum atomic E-state index is -0.642. The number of pyridine rings is 2. The number of amides is 4. The van der Waals surface area contributed by atoms with E-state index >= 15 is 0 Å². The summed E-state index contributed by atoms with van der Waals surface area (Å²) in [6.07, 6.45) is -2.57. The summed E-state index contributed by atoms with van der Waals surface area (Å²) in [5.41, 5.74) is 4.20. The van der Waals surface area contributed by atoms with Crippen molar-refractivity contribution in [2.24, 2.45) is 0 Å². The van der Waals surface area contributed by atoms with Crippen LogP contribution in [0.5, 0.6) is 0 Å². The van der Waals surface area contributed by atoms with Gasteiger partial charge in [-0.1, -0.05) is 47.9 Å². The van der Waals surface area contributed by atoms with Crippen LogP contribution in [0.4, 0.5) is 41.9 Å². The van der Waals surface area contributed by atoms with Gasteiger partial charge in [0.25, 0.3) is 0 Å². The Morgan fingerprint density at radius 3 is 0.850 bits per heavy atom. The van der Waals surface area contributed by atoms with Crippen molar-refractivity contribution in [3.8, 4) is 47.4 Å². The van der Waals surface area contributed by atoms with Crippen LogP contribution in [0.2, 0.25) is 0 Å². The van der Waals surface area contributed by atoms with Crippen LogP contribution >= 0.6 is 0 Å². The molecular weight excluding hydrogens is 765 g/mol. The highest BCUT2D eigenvalue weighted by molar-refractivity contribution is 6.00. The molecule has 0 spiro atoms. The standard InChI is InChI=1S/C46H34N6O8/c1-57-43(53)49-21-9-5-6-10-22-50(44(54)58-2)37-19-15-33-26-34-16-20-38(30-42(34)48-41(33)29-37)52(46(56)60-4)24-12-8-7-11-23-51(45(55)59-3)36-18-14-32-25-31-13-17-35(49)27-39(31)47-40(32)28-36/h13-20,25-30H,21-24H2,1-4H3. The maximum atomic E-state index is 12.9. The number of methoxy groups -OCH3 is 4. The van der Waals surface area contributed by atoms with Crippen LogP contribution in [0, 0.1) is 47.4 Å². The fourth-order valence-electron chi connectivity index (χ4n) is 6.41. The van der Waals surface area contributed by atoms with Crippen LogP contribution in [0.3, 0.4) is 0 Å². The molecule has 0 fully saturated rings. The van der Waals surface area contributed by atoms with Gasteiger partial charge in [0.15, 0.2) is 0 Å². The van der Waals surface area contributed by atoms with Gasteiger partial charge in [-0.15, -0.1) is 0 Å². The number of benzene rings is 4. The first-order valence-corrected chi connectivity index (χ1v) is 18.2. The zero-order chi connectivity index (χ0) is 42.2. The zero-order valence-electron chi connectivity index (χ0n) is 32.9. The molecular formula is C46H34N6O8. The first-order valence-electron chi connectivity index (χ1n) is 18.2. The number of fused-ring (bicyclic) bond motifs is 4. The van der Waals surface area contributed by atoms with Gasteiger partial charge in [-0.3, -0.25) is 19.6 Å². The molecule has 14 nitrogen and oxygen atoms in total. The lowest BCUT2D eigenvalue weighted by Gasteiger charge is -2.20. The number of carbonyl (C=O) groups is 4. The van der Waals surface area contributed by atoms with Crippen LogP contribution in [-0.4, -0.2) is 89.0 Å². The Bertz CT molecular complexity index is 2600. The van der Waals surface area contributed by atoms with Crippen LogP contribution in [0.1, 0.15) is 0 Å². The zero-order valence-corrected chi connectivity index (χ0v) is 32.9. The summed E-state index contributed by atoms with van der Waals surface area (Å²) in [6, 6.07) is 25.2. The molecule has 3 heterocycles. The van der Waals surface area contributed by atoms with E-state index < -0.39 is 24.4 Å². The molecule has 0 radical (unpaired) electrons. The van der Waals surface area contributed by atoms with E-state index in [2.05, 4.69) is 47.4 Å². The second kappa shape index (κ2) is 17.8. The normalized spacial score (nSPS) is 12.9.